The lowest BCUT2D eigenvalue weighted by molar-refractivity contribution is 0.645. The Morgan fingerprint density at radius 1 is 0.611 bits per heavy atom. The van der Waals surface area contributed by atoms with Crippen molar-refractivity contribution in [2.75, 3.05) is 0 Å². The largest absolute Gasteiger partial charge is 0.455 e. The highest BCUT2D eigenvalue weighted by Crippen LogP contribution is 2.59. The summed E-state index contributed by atoms with van der Waals surface area (Å²) in [7, 11) is 0. The second kappa shape index (κ2) is 7.49. The summed E-state index contributed by atoms with van der Waals surface area (Å²) >= 11 is 5.63. The number of hydrogen-bond acceptors (Lipinski definition) is 2. The minimum absolute atomic E-state index is 0.483. The minimum Gasteiger partial charge on any atom is -0.455 e. The van der Waals surface area contributed by atoms with Crippen molar-refractivity contribution in [3.05, 3.63) is 141 Å². The number of hydrogen-bond donors (Lipinski definition) is 0. The molecule has 8 rings (SSSR count). The van der Waals surface area contributed by atoms with Crippen LogP contribution in [0.15, 0.2) is 122 Å². The summed E-state index contributed by atoms with van der Waals surface area (Å²) in [6.07, 6.45) is 4.53. The van der Waals surface area contributed by atoms with E-state index >= 15 is 0 Å². The van der Waals surface area contributed by atoms with Gasteiger partial charge in [-0.3, -0.25) is 0 Å². The Morgan fingerprint density at radius 2 is 1.36 bits per heavy atom. The van der Waals surface area contributed by atoms with Gasteiger partial charge in [-0.1, -0.05) is 119 Å². The maximum atomic E-state index is 6.59. The molecule has 0 fully saturated rings. The zero-order valence-electron chi connectivity index (χ0n) is 19.2. The summed E-state index contributed by atoms with van der Waals surface area (Å²) in [6, 6.07) is 37.3. The Labute approximate surface area is 221 Å². The average Bonchev–Trinajstić information content (AvgIpc) is 3.24. The lowest BCUT2D eigenvalue weighted by Gasteiger charge is -2.42. The van der Waals surface area contributed by atoms with E-state index in [0.717, 1.165) is 21.0 Å². The third-order valence-corrected chi connectivity index (χ3v) is 9.31. The van der Waals surface area contributed by atoms with Gasteiger partial charge in [-0.05, 0) is 57.6 Å². The van der Waals surface area contributed by atoms with Crippen molar-refractivity contribution in [2.45, 2.75) is 15.2 Å². The van der Waals surface area contributed by atoms with Crippen LogP contribution in [0.2, 0.25) is 0 Å². The second-order valence-electron chi connectivity index (χ2n) is 9.42. The van der Waals surface area contributed by atoms with Crippen LogP contribution in [0.5, 0.6) is 0 Å². The molecule has 1 spiro atoms. The molecule has 3 heteroatoms. The smallest absolute Gasteiger partial charge is 0.149 e. The molecule has 2 heterocycles. The summed E-state index contributed by atoms with van der Waals surface area (Å²) in [6.45, 7) is 0. The third kappa shape index (κ3) is 2.62. The molecule has 0 saturated heterocycles. The Morgan fingerprint density at radius 3 is 2.28 bits per heavy atom. The van der Waals surface area contributed by atoms with Crippen molar-refractivity contribution in [3.63, 3.8) is 0 Å². The summed E-state index contributed by atoms with van der Waals surface area (Å²) in [5, 5.41) is 2.33. The Balaban J connectivity index is 1.61. The molecule has 2 aliphatic rings. The van der Waals surface area contributed by atoms with Crippen LogP contribution in [0.3, 0.4) is 0 Å². The van der Waals surface area contributed by atoms with Crippen molar-refractivity contribution >= 4 is 61.8 Å². The molecule has 0 N–H and O–H groups in total. The molecule has 0 saturated carbocycles. The van der Waals surface area contributed by atoms with Crippen molar-refractivity contribution in [3.8, 4) is 0 Å². The molecular formula is C33H19BrOS. The standard InChI is InChI=1S/C33H19BrOS/c34-22-16-15-21-14-13-20-7-1-3-9-25(20)33(28(21)19-22)26-10-4-6-12-30(26)36-32-27(33)18-17-24-23-8-2-5-11-29(23)35-31(24)32/h1-19H. The Bertz CT molecular complexity index is 1900. The Hall–Kier alpha value is -3.53. The molecule has 1 unspecified atom stereocenters. The minimum atomic E-state index is -0.483. The summed E-state index contributed by atoms with van der Waals surface area (Å²) in [4.78, 5) is 2.46. The monoisotopic (exact) mass is 542 g/mol. The first-order valence-electron chi connectivity index (χ1n) is 12.0. The Kier molecular flexibility index (Phi) is 4.29. The van der Waals surface area contributed by atoms with Gasteiger partial charge < -0.3 is 4.42 Å². The highest BCUT2D eigenvalue weighted by atomic mass is 79.9. The van der Waals surface area contributed by atoms with Gasteiger partial charge in [0.15, 0.2) is 0 Å². The normalized spacial score (nSPS) is 17.5. The fourth-order valence-electron chi connectivity index (χ4n) is 6.17. The van der Waals surface area contributed by atoms with Gasteiger partial charge in [0.05, 0.1) is 10.3 Å². The average molecular weight is 543 g/mol. The molecule has 1 aromatic heterocycles. The maximum Gasteiger partial charge on any atom is 0.149 e. The molecular weight excluding hydrogens is 524 g/mol. The SMILES string of the molecule is Brc1ccc2c(c1)C1(c3ccccc3C=C2)c2ccccc2Sc2c1ccc1c2oc2ccccc21. The highest BCUT2D eigenvalue weighted by Gasteiger charge is 2.47. The van der Waals surface area contributed by atoms with E-state index in [1.807, 2.05) is 17.8 Å². The first-order chi connectivity index (χ1) is 17.7. The van der Waals surface area contributed by atoms with Gasteiger partial charge in [-0.2, -0.15) is 0 Å². The van der Waals surface area contributed by atoms with Gasteiger partial charge in [-0.15, -0.1) is 0 Å². The van der Waals surface area contributed by atoms with Gasteiger partial charge >= 0.3 is 0 Å². The molecule has 36 heavy (non-hydrogen) atoms. The molecule has 0 amide bonds. The van der Waals surface area contributed by atoms with Crippen LogP contribution < -0.4 is 0 Å². The summed E-state index contributed by atoms with van der Waals surface area (Å²) in [5.41, 5.74) is 9.05. The molecule has 170 valence electrons. The molecule has 0 radical (unpaired) electrons. The summed E-state index contributed by atoms with van der Waals surface area (Å²) in [5.74, 6) is 0. The number of halogens is 1. The van der Waals surface area contributed by atoms with Gasteiger partial charge in [0.25, 0.3) is 0 Å². The molecule has 1 atom stereocenters. The van der Waals surface area contributed by atoms with E-state index in [0.29, 0.717) is 0 Å². The van der Waals surface area contributed by atoms with Crippen LogP contribution in [0.25, 0.3) is 34.1 Å². The summed E-state index contributed by atoms with van der Waals surface area (Å²) < 4.78 is 7.66. The van der Waals surface area contributed by atoms with Crippen LogP contribution in [0, 0.1) is 0 Å². The van der Waals surface area contributed by atoms with Gasteiger partial charge in [0, 0.05) is 20.1 Å². The van der Waals surface area contributed by atoms with E-state index in [1.54, 1.807) is 0 Å². The molecule has 5 aromatic carbocycles. The highest BCUT2D eigenvalue weighted by molar-refractivity contribution is 9.10. The van der Waals surface area contributed by atoms with E-state index in [2.05, 4.69) is 125 Å². The van der Waals surface area contributed by atoms with Crippen LogP contribution in [-0.4, -0.2) is 0 Å². The van der Waals surface area contributed by atoms with Gasteiger partial charge in [0.2, 0.25) is 0 Å². The van der Waals surface area contributed by atoms with Crippen LogP contribution in [0.1, 0.15) is 33.4 Å². The van der Waals surface area contributed by atoms with E-state index in [1.165, 1.54) is 48.6 Å². The first-order valence-corrected chi connectivity index (χ1v) is 13.7. The number of fused-ring (bicyclic) bond motifs is 12. The topological polar surface area (TPSA) is 13.1 Å². The van der Waals surface area contributed by atoms with E-state index in [4.69, 9.17) is 4.42 Å². The second-order valence-corrected chi connectivity index (χ2v) is 11.4. The third-order valence-electron chi connectivity index (χ3n) is 7.64. The molecule has 1 nitrogen and oxygen atoms in total. The van der Waals surface area contributed by atoms with Crippen molar-refractivity contribution in [1.29, 1.82) is 0 Å². The molecule has 6 aromatic rings. The quantitative estimate of drug-likeness (QED) is 0.189. The van der Waals surface area contributed by atoms with Crippen LogP contribution in [-0.2, 0) is 5.41 Å². The zero-order valence-corrected chi connectivity index (χ0v) is 21.6. The predicted octanol–water partition coefficient (Wildman–Crippen LogP) is 9.68. The number of furan rings is 1. The molecule has 0 bridgehead atoms. The lowest BCUT2D eigenvalue weighted by atomic mass is 9.63. The predicted molar refractivity (Wildman–Crippen MR) is 153 cm³/mol. The van der Waals surface area contributed by atoms with Crippen LogP contribution in [0.4, 0.5) is 0 Å². The van der Waals surface area contributed by atoms with Gasteiger partial charge in [-0.25, -0.2) is 0 Å². The van der Waals surface area contributed by atoms with Gasteiger partial charge in [0.1, 0.15) is 11.2 Å². The van der Waals surface area contributed by atoms with Crippen molar-refractivity contribution in [1.82, 2.24) is 0 Å². The maximum absolute atomic E-state index is 6.59. The molecule has 1 aliphatic heterocycles. The number of rotatable bonds is 0. The fourth-order valence-corrected chi connectivity index (χ4v) is 7.80. The van der Waals surface area contributed by atoms with E-state index in [-0.39, 0.29) is 0 Å². The zero-order chi connectivity index (χ0) is 23.9. The number of benzene rings is 5. The first kappa shape index (κ1) is 20.6. The molecule has 1 aliphatic carbocycles. The van der Waals surface area contributed by atoms with Crippen molar-refractivity contribution in [2.24, 2.45) is 0 Å². The van der Waals surface area contributed by atoms with Crippen molar-refractivity contribution < 1.29 is 4.42 Å². The lowest BCUT2D eigenvalue weighted by Crippen LogP contribution is -2.35. The number of para-hydroxylation sites is 1. The fraction of sp³-hybridized carbons (Fsp3) is 0.0303. The van der Waals surface area contributed by atoms with E-state index in [9.17, 15) is 0 Å². The van der Waals surface area contributed by atoms with Crippen LogP contribution >= 0.6 is 27.7 Å². The van der Waals surface area contributed by atoms with E-state index < -0.39 is 5.41 Å².